The molecule has 4 heteroatoms. The third-order valence-corrected chi connectivity index (χ3v) is 2.84. The molecule has 1 aromatic carbocycles. The number of halogens is 1. The fourth-order valence-corrected chi connectivity index (χ4v) is 2.16. The molecular weight excluding hydrogens is 250 g/mol. The average molecular weight is 272 g/mol. The lowest BCUT2D eigenvalue weighted by molar-refractivity contribution is 0.220. The number of hydrogen-bond acceptors (Lipinski definition) is 3. The van der Waals surface area contributed by atoms with Gasteiger partial charge in [-0.3, -0.25) is 0 Å². The van der Waals surface area contributed by atoms with Crippen LogP contribution in [0.25, 0.3) is 0 Å². The Balaban J connectivity index is 0.00000162. The Labute approximate surface area is 115 Å². The van der Waals surface area contributed by atoms with Gasteiger partial charge in [-0.25, -0.2) is 0 Å². The third kappa shape index (κ3) is 3.30. The molecule has 1 N–H and O–H groups in total. The zero-order chi connectivity index (χ0) is 12.3. The van der Waals surface area contributed by atoms with Gasteiger partial charge in [0.1, 0.15) is 0 Å². The summed E-state index contributed by atoms with van der Waals surface area (Å²) in [6.07, 6.45) is 1.19. The number of nitrogens with one attached hydrogen (secondary N) is 1. The summed E-state index contributed by atoms with van der Waals surface area (Å²) < 4.78 is 11.6. The number of hydrogen-bond donors (Lipinski definition) is 1. The number of ether oxygens (including phenoxy) is 2. The first-order chi connectivity index (χ1) is 8.22. The summed E-state index contributed by atoms with van der Waals surface area (Å²) in [4.78, 5) is 0. The summed E-state index contributed by atoms with van der Waals surface area (Å²) in [7, 11) is 0. The molecule has 0 amide bonds. The molecule has 2 rings (SSSR count). The number of rotatable bonds is 4. The van der Waals surface area contributed by atoms with Gasteiger partial charge in [-0.1, -0.05) is 6.07 Å². The van der Waals surface area contributed by atoms with E-state index in [0.29, 0.717) is 6.61 Å². The van der Waals surface area contributed by atoms with Crippen molar-refractivity contribution in [3.8, 4) is 11.5 Å². The van der Waals surface area contributed by atoms with E-state index in [1.165, 1.54) is 11.1 Å². The lowest BCUT2D eigenvalue weighted by Crippen LogP contribution is -2.25. The van der Waals surface area contributed by atoms with Crippen LogP contribution in [0.15, 0.2) is 12.1 Å². The van der Waals surface area contributed by atoms with Crippen LogP contribution in [0.3, 0.4) is 0 Å². The highest BCUT2D eigenvalue weighted by molar-refractivity contribution is 5.85. The highest BCUT2D eigenvalue weighted by atomic mass is 35.5. The third-order valence-electron chi connectivity index (χ3n) is 2.84. The maximum atomic E-state index is 5.94. The molecule has 18 heavy (non-hydrogen) atoms. The summed E-state index contributed by atoms with van der Waals surface area (Å²) in [5, 5.41) is 3.38. The lowest BCUT2D eigenvalue weighted by Gasteiger charge is -2.24. The fraction of sp³-hybridized carbons (Fsp3) is 0.571. The topological polar surface area (TPSA) is 30.5 Å². The highest BCUT2D eigenvalue weighted by Crippen LogP contribution is 2.36. The monoisotopic (exact) mass is 271 g/mol. The Morgan fingerprint density at radius 1 is 1.33 bits per heavy atom. The van der Waals surface area contributed by atoms with Crippen molar-refractivity contribution in [2.24, 2.45) is 0 Å². The van der Waals surface area contributed by atoms with Crippen molar-refractivity contribution in [1.29, 1.82) is 0 Å². The first kappa shape index (κ1) is 15.1. The smallest absolute Gasteiger partial charge is 0.165 e. The summed E-state index contributed by atoms with van der Waals surface area (Å²) >= 11 is 0. The number of fused-ring (bicyclic) bond motifs is 1. The van der Waals surface area contributed by atoms with Crippen LogP contribution < -0.4 is 14.8 Å². The van der Waals surface area contributed by atoms with Crippen LogP contribution in [0.5, 0.6) is 11.5 Å². The van der Waals surface area contributed by atoms with Gasteiger partial charge in [0.25, 0.3) is 0 Å². The molecule has 1 aliphatic heterocycles. The van der Waals surface area contributed by atoms with E-state index in [4.69, 9.17) is 9.47 Å². The van der Waals surface area contributed by atoms with Crippen LogP contribution in [0.2, 0.25) is 0 Å². The van der Waals surface area contributed by atoms with Gasteiger partial charge in [0.2, 0.25) is 0 Å². The van der Waals surface area contributed by atoms with Crippen LogP contribution in [-0.4, -0.2) is 19.3 Å². The molecule has 1 aromatic rings. The molecule has 0 aromatic heterocycles. The molecular formula is C14H22ClNO2. The van der Waals surface area contributed by atoms with Gasteiger partial charge in [-0.2, -0.15) is 0 Å². The molecule has 0 atom stereocenters. The van der Waals surface area contributed by atoms with Gasteiger partial charge >= 0.3 is 0 Å². The first-order valence-corrected chi connectivity index (χ1v) is 6.37. The molecule has 0 aliphatic carbocycles. The van der Waals surface area contributed by atoms with E-state index in [0.717, 1.165) is 31.0 Å². The van der Waals surface area contributed by atoms with Gasteiger partial charge in [0.15, 0.2) is 11.5 Å². The van der Waals surface area contributed by atoms with Gasteiger partial charge in [-0.05, 0) is 45.4 Å². The van der Waals surface area contributed by atoms with Crippen molar-refractivity contribution in [3.05, 3.63) is 23.3 Å². The van der Waals surface area contributed by atoms with Gasteiger partial charge in [0, 0.05) is 12.1 Å². The quantitative estimate of drug-likeness (QED) is 0.913. The molecule has 0 fully saturated rings. The Morgan fingerprint density at radius 3 is 2.78 bits per heavy atom. The van der Waals surface area contributed by atoms with E-state index in [-0.39, 0.29) is 18.5 Å². The average Bonchev–Trinajstić information content (AvgIpc) is 2.32. The molecule has 0 bridgehead atoms. The van der Waals surface area contributed by atoms with Crippen LogP contribution in [-0.2, 0) is 13.0 Å². The molecule has 1 heterocycles. The molecule has 0 saturated heterocycles. The van der Waals surface area contributed by atoms with Crippen molar-refractivity contribution in [1.82, 2.24) is 5.32 Å². The predicted octanol–water partition coefficient (Wildman–Crippen LogP) is 2.94. The Hall–Kier alpha value is -0.930. The molecule has 1 aliphatic rings. The maximum absolute atomic E-state index is 5.94. The van der Waals surface area contributed by atoms with Crippen molar-refractivity contribution in [2.75, 3.05) is 13.2 Å². The standard InChI is InChI=1S/C14H21NO2.ClH/c1-4-16-13-6-5-11-9-15-8-7-12(11)14(13)17-10(2)3;/h5-6,10,15H,4,7-9H2,1-3H3;1H. The summed E-state index contributed by atoms with van der Waals surface area (Å²) in [5.41, 5.74) is 2.64. The largest absolute Gasteiger partial charge is 0.490 e. The Morgan fingerprint density at radius 2 is 2.11 bits per heavy atom. The lowest BCUT2D eigenvalue weighted by atomic mass is 9.99. The van der Waals surface area contributed by atoms with Crippen molar-refractivity contribution < 1.29 is 9.47 Å². The minimum Gasteiger partial charge on any atom is -0.490 e. The highest BCUT2D eigenvalue weighted by Gasteiger charge is 2.19. The summed E-state index contributed by atoms with van der Waals surface area (Å²) in [6, 6.07) is 4.16. The van der Waals surface area contributed by atoms with E-state index in [1.807, 2.05) is 13.0 Å². The Bertz CT molecular complexity index is 394. The minimum absolute atomic E-state index is 0. The summed E-state index contributed by atoms with van der Waals surface area (Å²) in [6.45, 7) is 8.71. The molecule has 0 radical (unpaired) electrons. The fourth-order valence-electron chi connectivity index (χ4n) is 2.16. The van der Waals surface area contributed by atoms with Gasteiger partial charge < -0.3 is 14.8 Å². The van der Waals surface area contributed by atoms with E-state index in [9.17, 15) is 0 Å². The van der Waals surface area contributed by atoms with E-state index in [1.54, 1.807) is 0 Å². The molecule has 0 spiro atoms. The molecule has 3 nitrogen and oxygen atoms in total. The van der Waals surface area contributed by atoms with E-state index >= 15 is 0 Å². The van der Waals surface area contributed by atoms with Crippen molar-refractivity contribution in [2.45, 2.75) is 39.8 Å². The second-order valence-electron chi connectivity index (χ2n) is 4.56. The van der Waals surface area contributed by atoms with E-state index < -0.39 is 0 Å². The minimum atomic E-state index is 0. The van der Waals surface area contributed by atoms with Crippen LogP contribution in [0.1, 0.15) is 31.9 Å². The maximum Gasteiger partial charge on any atom is 0.165 e. The zero-order valence-corrected chi connectivity index (χ0v) is 12.1. The van der Waals surface area contributed by atoms with Crippen LogP contribution >= 0.6 is 12.4 Å². The molecule has 0 unspecified atom stereocenters. The van der Waals surface area contributed by atoms with Crippen molar-refractivity contribution >= 4 is 12.4 Å². The molecule has 0 saturated carbocycles. The predicted molar refractivity (Wildman–Crippen MR) is 76.0 cm³/mol. The second-order valence-corrected chi connectivity index (χ2v) is 4.56. The second kappa shape index (κ2) is 6.86. The van der Waals surface area contributed by atoms with Gasteiger partial charge in [-0.15, -0.1) is 12.4 Å². The molecule has 102 valence electrons. The van der Waals surface area contributed by atoms with Crippen LogP contribution in [0.4, 0.5) is 0 Å². The zero-order valence-electron chi connectivity index (χ0n) is 11.3. The first-order valence-electron chi connectivity index (χ1n) is 6.37. The number of benzene rings is 1. The van der Waals surface area contributed by atoms with Gasteiger partial charge in [0.05, 0.1) is 12.7 Å². The van der Waals surface area contributed by atoms with E-state index in [2.05, 4.69) is 25.2 Å². The van der Waals surface area contributed by atoms with Crippen LogP contribution in [0, 0.1) is 0 Å². The summed E-state index contributed by atoms with van der Waals surface area (Å²) in [5.74, 6) is 1.82. The SMILES string of the molecule is CCOc1ccc2c(c1OC(C)C)CCNC2.Cl. The normalized spacial score (nSPS) is 13.8. The van der Waals surface area contributed by atoms with Crippen molar-refractivity contribution in [3.63, 3.8) is 0 Å². The Kier molecular flexibility index (Phi) is 5.76.